The molecule has 0 spiro atoms. The van der Waals surface area contributed by atoms with Gasteiger partial charge in [-0.1, -0.05) is 60.8 Å². The molecule has 0 aliphatic rings. The first-order chi connectivity index (χ1) is 7.75. The Kier molecular flexibility index (Phi) is 8.40. The van der Waals surface area contributed by atoms with E-state index in [1.807, 2.05) is 0 Å². The summed E-state index contributed by atoms with van der Waals surface area (Å²) in [6.07, 6.45) is 3.62. The van der Waals surface area contributed by atoms with Gasteiger partial charge in [0.1, 0.15) is 0 Å². The third kappa shape index (κ3) is 9.84. The summed E-state index contributed by atoms with van der Waals surface area (Å²) in [4.78, 5) is 10.9. The Morgan fingerprint density at radius 1 is 0.647 bits per heavy atom. The maximum absolute atomic E-state index is 10.9. The standard InChI is InChI=1S/C15H34OSi/c1-13(2)7-10-17(16,11-8-14(3)4)12-9-15(5)6/h13-16H,7-12H2,1-6H3. The summed E-state index contributed by atoms with van der Waals surface area (Å²) in [7, 11) is -1.94. The molecule has 104 valence electrons. The molecule has 1 N–H and O–H groups in total. The zero-order valence-corrected chi connectivity index (χ0v) is 13.9. The van der Waals surface area contributed by atoms with Crippen LogP contribution in [0.3, 0.4) is 0 Å². The summed E-state index contributed by atoms with van der Waals surface area (Å²) < 4.78 is 0. The van der Waals surface area contributed by atoms with Crippen LogP contribution in [0.4, 0.5) is 0 Å². The molecule has 0 heterocycles. The van der Waals surface area contributed by atoms with Crippen LogP contribution in [-0.4, -0.2) is 13.1 Å². The highest BCUT2D eigenvalue weighted by molar-refractivity contribution is 6.72. The van der Waals surface area contributed by atoms with Crippen molar-refractivity contribution in [1.82, 2.24) is 0 Å². The minimum absolute atomic E-state index is 0.729. The lowest BCUT2D eigenvalue weighted by Crippen LogP contribution is -2.35. The minimum atomic E-state index is -1.94. The predicted molar refractivity (Wildman–Crippen MR) is 80.8 cm³/mol. The third-order valence-corrected chi connectivity index (χ3v) is 7.22. The molecule has 0 fully saturated rings. The molecular formula is C15H34OSi. The molecule has 0 aromatic rings. The molecule has 0 aliphatic heterocycles. The van der Waals surface area contributed by atoms with Gasteiger partial charge in [0.15, 0.2) is 8.32 Å². The lowest BCUT2D eigenvalue weighted by molar-refractivity contribution is 0.472. The van der Waals surface area contributed by atoms with Gasteiger partial charge in [0.2, 0.25) is 0 Å². The summed E-state index contributed by atoms with van der Waals surface area (Å²) in [5, 5.41) is 0. The number of rotatable bonds is 9. The van der Waals surface area contributed by atoms with Gasteiger partial charge < -0.3 is 4.80 Å². The Labute approximate surface area is 110 Å². The molecule has 0 atom stereocenters. The molecule has 0 saturated heterocycles. The minimum Gasteiger partial charge on any atom is -0.432 e. The topological polar surface area (TPSA) is 20.2 Å². The van der Waals surface area contributed by atoms with Gasteiger partial charge in [0, 0.05) is 0 Å². The van der Waals surface area contributed by atoms with Crippen LogP contribution >= 0.6 is 0 Å². The van der Waals surface area contributed by atoms with E-state index in [-0.39, 0.29) is 0 Å². The van der Waals surface area contributed by atoms with Crippen molar-refractivity contribution in [3.8, 4) is 0 Å². The molecule has 0 rings (SSSR count). The third-order valence-electron chi connectivity index (χ3n) is 3.56. The van der Waals surface area contributed by atoms with Crippen molar-refractivity contribution in [2.75, 3.05) is 0 Å². The van der Waals surface area contributed by atoms with E-state index in [0.29, 0.717) is 0 Å². The molecule has 0 saturated carbocycles. The van der Waals surface area contributed by atoms with Gasteiger partial charge in [0.25, 0.3) is 0 Å². The second-order valence-electron chi connectivity index (χ2n) is 7.02. The molecule has 0 unspecified atom stereocenters. The van der Waals surface area contributed by atoms with Crippen LogP contribution in [0.1, 0.15) is 60.8 Å². The molecule has 2 heteroatoms. The van der Waals surface area contributed by atoms with Crippen LogP contribution in [0.2, 0.25) is 18.1 Å². The molecular weight excluding hydrogens is 224 g/mol. The van der Waals surface area contributed by atoms with Crippen molar-refractivity contribution in [2.24, 2.45) is 17.8 Å². The maximum atomic E-state index is 10.9. The molecule has 0 bridgehead atoms. The number of hydrogen-bond donors (Lipinski definition) is 1. The molecule has 0 radical (unpaired) electrons. The fourth-order valence-electron chi connectivity index (χ4n) is 2.05. The maximum Gasteiger partial charge on any atom is 0.188 e. The fourth-order valence-corrected chi connectivity index (χ4v) is 6.14. The fraction of sp³-hybridized carbons (Fsp3) is 1.00. The van der Waals surface area contributed by atoms with Crippen LogP contribution in [-0.2, 0) is 0 Å². The Morgan fingerprint density at radius 2 is 0.882 bits per heavy atom. The molecule has 0 amide bonds. The summed E-state index contributed by atoms with van der Waals surface area (Å²) >= 11 is 0. The van der Waals surface area contributed by atoms with Gasteiger partial charge in [-0.05, 0) is 35.9 Å². The average molecular weight is 259 g/mol. The molecule has 0 aliphatic carbocycles. The summed E-state index contributed by atoms with van der Waals surface area (Å²) in [5.41, 5.74) is 0. The van der Waals surface area contributed by atoms with Crippen LogP contribution in [0.5, 0.6) is 0 Å². The van der Waals surface area contributed by atoms with E-state index in [9.17, 15) is 4.80 Å². The quantitative estimate of drug-likeness (QED) is 0.573. The first-order valence-electron chi connectivity index (χ1n) is 7.47. The van der Waals surface area contributed by atoms with Gasteiger partial charge in [-0.3, -0.25) is 0 Å². The lowest BCUT2D eigenvalue weighted by Gasteiger charge is -2.27. The smallest absolute Gasteiger partial charge is 0.188 e. The van der Waals surface area contributed by atoms with Crippen molar-refractivity contribution in [3.05, 3.63) is 0 Å². The van der Waals surface area contributed by atoms with Gasteiger partial charge in [0.05, 0.1) is 0 Å². The van der Waals surface area contributed by atoms with Crippen molar-refractivity contribution in [2.45, 2.75) is 78.9 Å². The predicted octanol–water partition coefficient (Wildman–Crippen LogP) is 5.06. The average Bonchev–Trinajstić information content (AvgIpc) is 2.21. The van der Waals surface area contributed by atoms with Gasteiger partial charge in [-0.25, -0.2) is 0 Å². The van der Waals surface area contributed by atoms with Crippen molar-refractivity contribution < 1.29 is 4.80 Å². The Bertz CT molecular complexity index is 156. The molecule has 0 aromatic carbocycles. The van der Waals surface area contributed by atoms with E-state index >= 15 is 0 Å². The highest BCUT2D eigenvalue weighted by Gasteiger charge is 2.30. The monoisotopic (exact) mass is 258 g/mol. The SMILES string of the molecule is CC(C)CC[Si](O)(CCC(C)C)CCC(C)C. The molecule has 1 nitrogen and oxygen atoms in total. The van der Waals surface area contributed by atoms with Crippen LogP contribution in [0.15, 0.2) is 0 Å². The summed E-state index contributed by atoms with van der Waals surface area (Å²) in [6.45, 7) is 13.6. The first kappa shape index (κ1) is 17.2. The molecule has 17 heavy (non-hydrogen) atoms. The van der Waals surface area contributed by atoms with E-state index < -0.39 is 8.32 Å². The van der Waals surface area contributed by atoms with E-state index in [0.717, 1.165) is 35.9 Å². The zero-order chi connectivity index (χ0) is 13.5. The van der Waals surface area contributed by atoms with Crippen LogP contribution in [0.25, 0.3) is 0 Å². The van der Waals surface area contributed by atoms with Crippen LogP contribution < -0.4 is 0 Å². The summed E-state index contributed by atoms with van der Waals surface area (Å²) in [6, 6.07) is 3.35. The lowest BCUT2D eigenvalue weighted by atomic mass is 10.2. The van der Waals surface area contributed by atoms with E-state index in [4.69, 9.17) is 0 Å². The normalized spacial score (nSPS) is 13.1. The van der Waals surface area contributed by atoms with E-state index in [1.54, 1.807) is 0 Å². The Morgan fingerprint density at radius 3 is 1.06 bits per heavy atom. The van der Waals surface area contributed by atoms with Gasteiger partial charge >= 0.3 is 0 Å². The second kappa shape index (κ2) is 8.31. The van der Waals surface area contributed by atoms with Crippen molar-refractivity contribution in [1.29, 1.82) is 0 Å². The first-order valence-corrected chi connectivity index (χ1v) is 10.0. The highest BCUT2D eigenvalue weighted by Crippen LogP contribution is 2.28. The highest BCUT2D eigenvalue weighted by atomic mass is 28.4. The van der Waals surface area contributed by atoms with Crippen molar-refractivity contribution in [3.63, 3.8) is 0 Å². The Balaban J connectivity index is 4.23. The largest absolute Gasteiger partial charge is 0.432 e. The second-order valence-corrected chi connectivity index (χ2v) is 11.0. The molecule has 0 aromatic heterocycles. The number of hydrogen-bond acceptors (Lipinski definition) is 1. The van der Waals surface area contributed by atoms with Crippen molar-refractivity contribution >= 4 is 8.32 Å². The summed E-state index contributed by atoms with van der Waals surface area (Å²) in [5.74, 6) is 2.19. The Hall–Kier alpha value is 0.177. The zero-order valence-electron chi connectivity index (χ0n) is 12.9. The van der Waals surface area contributed by atoms with Gasteiger partial charge in [-0.15, -0.1) is 0 Å². The van der Waals surface area contributed by atoms with Gasteiger partial charge in [-0.2, -0.15) is 0 Å². The van der Waals surface area contributed by atoms with Crippen LogP contribution in [0, 0.1) is 17.8 Å². The van der Waals surface area contributed by atoms with E-state index in [2.05, 4.69) is 41.5 Å². The van der Waals surface area contributed by atoms with E-state index in [1.165, 1.54) is 19.3 Å².